The van der Waals surface area contributed by atoms with Crippen molar-refractivity contribution in [3.05, 3.63) is 51.7 Å². The van der Waals surface area contributed by atoms with Crippen molar-refractivity contribution >= 4 is 17.2 Å². The molecule has 4 heteroatoms. The Morgan fingerprint density at radius 3 is 3.11 bits per heavy atom. The van der Waals surface area contributed by atoms with Gasteiger partial charge in [-0.25, -0.2) is 0 Å². The molecule has 2 heterocycles. The van der Waals surface area contributed by atoms with Gasteiger partial charge in [0.05, 0.1) is 6.42 Å². The number of thiophene rings is 1. The zero-order chi connectivity index (χ0) is 13.2. The molecule has 0 aliphatic carbocycles. The summed E-state index contributed by atoms with van der Waals surface area (Å²) in [7, 11) is 0. The predicted octanol–water partition coefficient (Wildman–Crippen LogP) is 2.58. The maximum Gasteiger partial charge on any atom is 0.227 e. The number of hydrogen-bond donors (Lipinski definition) is 1. The summed E-state index contributed by atoms with van der Waals surface area (Å²) in [4.78, 5) is 15.6. The van der Waals surface area contributed by atoms with Crippen LogP contribution in [0.15, 0.2) is 35.7 Å². The van der Waals surface area contributed by atoms with Gasteiger partial charge in [-0.2, -0.15) is 0 Å². The van der Waals surface area contributed by atoms with E-state index in [0.29, 0.717) is 6.42 Å². The average Bonchev–Trinajstić information content (AvgIpc) is 2.85. The minimum absolute atomic E-state index is 0.127. The van der Waals surface area contributed by atoms with Crippen LogP contribution in [0.1, 0.15) is 16.0 Å². The third kappa shape index (κ3) is 2.63. The number of fused-ring (bicyclic) bond motifs is 1. The van der Waals surface area contributed by atoms with Gasteiger partial charge in [0.25, 0.3) is 0 Å². The average molecular weight is 273 g/mol. The molecule has 0 radical (unpaired) electrons. The van der Waals surface area contributed by atoms with E-state index in [1.54, 1.807) is 29.5 Å². The first-order valence-electron chi connectivity index (χ1n) is 6.33. The molecule has 3 rings (SSSR count). The first kappa shape index (κ1) is 12.2. The van der Waals surface area contributed by atoms with Crippen LogP contribution in [0.4, 0.5) is 0 Å². The van der Waals surface area contributed by atoms with Crippen LogP contribution in [0.2, 0.25) is 0 Å². The molecule has 19 heavy (non-hydrogen) atoms. The normalized spacial score (nSPS) is 14.2. The Hall–Kier alpha value is -1.81. The molecule has 1 aromatic carbocycles. The van der Waals surface area contributed by atoms with Gasteiger partial charge in [0.2, 0.25) is 5.91 Å². The highest BCUT2D eigenvalue weighted by Crippen LogP contribution is 2.24. The van der Waals surface area contributed by atoms with Gasteiger partial charge >= 0.3 is 0 Å². The largest absolute Gasteiger partial charge is 0.508 e. The Kier molecular flexibility index (Phi) is 3.25. The van der Waals surface area contributed by atoms with Gasteiger partial charge in [-0.05, 0) is 41.1 Å². The number of amides is 1. The van der Waals surface area contributed by atoms with Crippen LogP contribution in [0.3, 0.4) is 0 Å². The van der Waals surface area contributed by atoms with Crippen LogP contribution in [0, 0.1) is 0 Å². The number of carbonyl (C=O) groups excluding carboxylic acids is 1. The van der Waals surface area contributed by atoms with Gasteiger partial charge in [-0.1, -0.05) is 12.1 Å². The lowest BCUT2D eigenvalue weighted by Gasteiger charge is -2.27. The molecule has 0 bridgehead atoms. The van der Waals surface area contributed by atoms with Crippen molar-refractivity contribution in [1.82, 2.24) is 4.90 Å². The topological polar surface area (TPSA) is 40.5 Å². The molecular weight excluding hydrogens is 258 g/mol. The van der Waals surface area contributed by atoms with Crippen LogP contribution in [-0.4, -0.2) is 22.5 Å². The van der Waals surface area contributed by atoms with Crippen molar-refractivity contribution < 1.29 is 9.90 Å². The lowest BCUT2D eigenvalue weighted by molar-refractivity contribution is -0.131. The summed E-state index contributed by atoms with van der Waals surface area (Å²) in [5.41, 5.74) is 2.14. The van der Waals surface area contributed by atoms with E-state index in [9.17, 15) is 9.90 Å². The molecule has 1 aromatic heterocycles. The van der Waals surface area contributed by atoms with Crippen LogP contribution < -0.4 is 0 Å². The Balaban J connectivity index is 1.69. The highest BCUT2D eigenvalue weighted by atomic mass is 32.1. The first-order valence-corrected chi connectivity index (χ1v) is 7.21. The van der Waals surface area contributed by atoms with E-state index < -0.39 is 0 Å². The van der Waals surface area contributed by atoms with E-state index in [4.69, 9.17) is 0 Å². The first-order chi connectivity index (χ1) is 9.22. The second kappa shape index (κ2) is 5.05. The monoisotopic (exact) mass is 273 g/mol. The van der Waals surface area contributed by atoms with E-state index in [2.05, 4.69) is 11.4 Å². The fourth-order valence-corrected chi connectivity index (χ4v) is 3.30. The third-order valence-corrected chi connectivity index (χ3v) is 4.45. The van der Waals surface area contributed by atoms with E-state index in [1.807, 2.05) is 11.0 Å². The fraction of sp³-hybridized carbons (Fsp3) is 0.267. The molecule has 0 fully saturated rings. The van der Waals surface area contributed by atoms with Gasteiger partial charge < -0.3 is 10.0 Å². The standard InChI is InChI=1S/C15H15NO2S/c17-13-3-1-2-11(8-13)9-15(18)16-6-4-14-12(10-16)5-7-19-14/h1-3,5,7-8,17H,4,6,9-10H2. The summed E-state index contributed by atoms with van der Waals surface area (Å²) in [6.45, 7) is 1.52. The van der Waals surface area contributed by atoms with Crippen LogP contribution in [0.5, 0.6) is 5.75 Å². The van der Waals surface area contributed by atoms with Gasteiger partial charge in [0.15, 0.2) is 0 Å². The minimum Gasteiger partial charge on any atom is -0.508 e. The number of rotatable bonds is 2. The quantitative estimate of drug-likeness (QED) is 0.913. The molecule has 1 amide bonds. The summed E-state index contributed by atoms with van der Waals surface area (Å²) in [6.07, 6.45) is 1.31. The van der Waals surface area contributed by atoms with E-state index in [-0.39, 0.29) is 11.7 Å². The van der Waals surface area contributed by atoms with Crippen molar-refractivity contribution in [2.75, 3.05) is 6.54 Å². The molecule has 1 N–H and O–H groups in total. The summed E-state index contributed by atoms with van der Waals surface area (Å²) in [5, 5.41) is 11.5. The molecule has 0 saturated heterocycles. The number of hydrogen-bond acceptors (Lipinski definition) is 3. The smallest absolute Gasteiger partial charge is 0.227 e. The van der Waals surface area contributed by atoms with Crippen LogP contribution in [0.25, 0.3) is 0 Å². The van der Waals surface area contributed by atoms with Crippen LogP contribution in [-0.2, 0) is 24.2 Å². The van der Waals surface area contributed by atoms with E-state index in [0.717, 1.165) is 25.1 Å². The lowest BCUT2D eigenvalue weighted by atomic mass is 10.1. The van der Waals surface area contributed by atoms with Crippen LogP contribution >= 0.6 is 11.3 Å². The highest BCUT2D eigenvalue weighted by Gasteiger charge is 2.21. The van der Waals surface area contributed by atoms with Crippen molar-refractivity contribution in [1.29, 1.82) is 0 Å². The lowest BCUT2D eigenvalue weighted by Crippen LogP contribution is -2.36. The second-order valence-electron chi connectivity index (χ2n) is 4.78. The summed E-state index contributed by atoms with van der Waals surface area (Å²) >= 11 is 1.77. The second-order valence-corrected chi connectivity index (χ2v) is 5.78. The molecule has 0 saturated carbocycles. The molecule has 98 valence electrons. The molecule has 0 spiro atoms. The van der Waals surface area contributed by atoms with Gasteiger partial charge in [-0.15, -0.1) is 11.3 Å². The van der Waals surface area contributed by atoms with E-state index in [1.165, 1.54) is 10.4 Å². The van der Waals surface area contributed by atoms with Crippen molar-refractivity contribution in [2.24, 2.45) is 0 Å². The Morgan fingerprint density at radius 2 is 2.26 bits per heavy atom. The van der Waals surface area contributed by atoms with Crippen molar-refractivity contribution in [3.8, 4) is 5.75 Å². The maximum absolute atomic E-state index is 12.3. The Morgan fingerprint density at radius 1 is 1.37 bits per heavy atom. The van der Waals surface area contributed by atoms with Gasteiger partial charge in [0.1, 0.15) is 5.75 Å². The summed E-state index contributed by atoms with van der Waals surface area (Å²) in [5.74, 6) is 0.339. The number of benzene rings is 1. The van der Waals surface area contributed by atoms with E-state index >= 15 is 0 Å². The molecule has 0 atom stereocenters. The molecular formula is C15H15NO2S. The Bertz CT molecular complexity index is 606. The number of aromatic hydroxyl groups is 1. The zero-order valence-electron chi connectivity index (χ0n) is 10.5. The molecule has 1 aliphatic rings. The SMILES string of the molecule is O=C(Cc1cccc(O)c1)N1CCc2sccc2C1. The molecule has 3 nitrogen and oxygen atoms in total. The molecule has 1 aliphatic heterocycles. The van der Waals surface area contributed by atoms with Gasteiger partial charge in [0, 0.05) is 18.0 Å². The summed E-state index contributed by atoms with van der Waals surface area (Å²) in [6, 6.07) is 9.01. The molecule has 0 unspecified atom stereocenters. The third-order valence-electron chi connectivity index (χ3n) is 3.43. The fourth-order valence-electron chi connectivity index (χ4n) is 2.41. The summed E-state index contributed by atoms with van der Waals surface area (Å²) < 4.78 is 0. The predicted molar refractivity (Wildman–Crippen MR) is 75.3 cm³/mol. The maximum atomic E-state index is 12.3. The number of carbonyl (C=O) groups is 1. The number of phenols is 1. The minimum atomic E-state index is 0.127. The number of nitrogens with zero attached hydrogens (tertiary/aromatic N) is 1. The number of phenolic OH excluding ortho intramolecular Hbond substituents is 1. The zero-order valence-corrected chi connectivity index (χ0v) is 11.3. The Labute approximate surface area is 116 Å². The van der Waals surface area contributed by atoms with Crippen molar-refractivity contribution in [2.45, 2.75) is 19.4 Å². The van der Waals surface area contributed by atoms with Crippen molar-refractivity contribution in [3.63, 3.8) is 0 Å². The molecule has 2 aromatic rings. The van der Waals surface area contributed by atoms with Gasteiger partial charge in [-0.3, -0.25) is 4.79 Å². The highest BCUT2D eigenvalue weighted by molar-refractivity contribution is 7.10.